The first kappa shape index (κ1) is 24.6. The van der Waals surface area contributed by atoms with Gasteiger partial charge in [-0.1, -0.05) is 54.4 Å². The Morgan fingerprint density at radius 2 is 1.56 bits per heavy atom. The van der Waals surface area contributed by atoms with Gasteiger partial charge in [0.15, 0.2) is 0 Å². The molecule has 4 fully saturated rings. The maximum atomic E-state index is 11.5. The number of carbonyl (C=O) groups is 1. The van der Waals surface area contributed by atoms with E-state index < -0.39 is 0 Å². The number of rotatable bonds is 6. The summed E-state index contributed by atoms with van der Waals surface area (Å²) in [6.45, 7) is 16.7. The van der Waals surface area contributed by atoms with Crippen molar-refractivity contribution in [1.82, 2.24) is 0 Å². The largest absolute Gasteiger partial charge is 0.463 e. The SMILES string of the molecule is CC(=O)O[C@@H]1CC[C@]2(C)[C@H](CC[C@H]3[C@H]2CC[C@]2(C)[C@@H]([C@H](C)CC[C@H](C)C(C)C)CC[C@@H]32)C1. The van der Waals surface area contributed by atoms with Crippen LogP contribution in [0.15, 0.2) is 0 Å². The van der Waals surface area contributed by atoms with Crippen LogP contribution in [-0.2, 0) is 9.53 Å². The Bertz CT molecular complexity index is 670. The average Bonchev–Trinajstić information content (AvgIpc) is 3.08. The molecular formula is C30H52O2. The molecule has 2 heteroatoms. The molecule has 0 bridgehead atoms. The smallest absolute Gasteiger partial charge is 0.302 e. The van der Waals surface area contributed by atoms with E-state index in [9.17, 15) is 4.79 Å². The van der Waals surface area contributed by atoms with Crippen molar-refractivity contribution in [2.45, 2.75) is 125 Å². The highest BCUT2D eigenvalue weighted by Crippen LogP contribution is 2.68. The van der Waals surface area contributed by atoms with Gasteiger partial charge in [0, 0.05) is 6.92 Å². The molecule has 0 aromatic rings. The second kappa shape index (κ2) is 9.26. The summed E-state index contributed by atoms with van der Waals surface area (Å²) in [5, 5.41) is 0. The van der Waals surface area contributed by atoms with Gasteiger partial charge in [-0.05, 0) is 116 Å². The number of hydrogen-bond donors (Lipinski definition) is 0. The molecule has 0 spiro atoms. The third-order valence-corrected chi connectivity index (χ3v) is 11.9. The van der Waals surface area contributed by atoms with Gasteiger partial charge in [0.25, 0.3) is 0 Å². The molecule has 4 saturated carbocycles. The summed E-state index contributed by atoms with van der Waals surface area (Å²) in [5.74, 6) is 6.99. The van der Waals surface area contributed by atoms with Gasteiger partial charge in [-0.2, -0.15) is 0 Å². The molecule has 2 nitrogen and oxygen atoms in total. The van der Waals surface area contributed by atoms with Crippen molar-refractivity contribution in [2.75, 3.05) is 0 Å². The van der Waals surface area contributed by atoms with E-state index in [1.54, 1.807) is 6.92 Å². The standard InChI is InChI=1S/C30H52O2/c1-19(2)20(3)8-9-21(4)26-12-13-27-25-11-10-23-18-24(32-22(5)31)14-16-29(23,6)28(25)15-17-30(26,27)7/h19-21,23-28H,8-18H2,1-7H3/t20-,21+,23+,24+,25+,26+,27-,28+,29+,30+/m0/s1. The van der Waals surface area contributed by atoms with Crippen molar-refractivity contribution < 1.29 is 9.53 Å². The third kappa shape index (κ3) is 4.31. The van der Waals surface area contributed by atoms with Crippen LogP contribution in [0.5, 0.6) is 0 Å². The van der Waals surface area contributed by atoms with Crippen LogP contribution in [0, 0.1) is 58.2 Å². The molecule has 0 radical (unpaired) electrons. The first-order chi connectivity index (χ1) is 15.1. The predicted molar refractivity (Wildman–Crippen MR) is 133 cm³/mol. The van der Waals surface area contributed by atoms with E-state index >= 15 is 0 Å². The molecule has 4 aliphatic carbocycles. The van der Waals surface area contributed by atoms with Crippen LogP contribution in [0.4, 0.5) is 0 Å². The summed E-state index contributed by atoms with van der Waals surface area (Å²) >= 11 is 0. The fourth-order valence-corrected chi connectivity index (χ4v) is 9.60. The molecule has 0 aliphatic heterocycles. The van der Waals surface area contributed by atoms with Crippen molar-refractivity contribution in [3.63, 3.8) is 0 Å². The van der Waals surface area contributed by atoms with E-state index in [1.807, 2.05) is 0 Å². The number of esters is 1. The molecular weight excluding hydrogens is 392 g/mol. The molecule has 10 atom stereocenters. The molecule has 0 amide bonds. The lowest BCUT2D eigenvalue weighted by atomic mass is 9.44. The fraction of sp³-hybridized carbons (Fsp3) is 0.967. The average molecular weight is 445 g/mol. The zero-order valence-corrected chi connectivity index (χ0v) is 22.3. The van der Waals surface area contributed by atoms with Gasteiger partial charge in [0.05, 0.1) is 0 Å². The molecule has 0 N–H and O–H groups in total. The lowest BCUT2D eigenvalue weighted by Crippen LogP contribution is -2.54. The quantitative estimate of drug-likeness (QED) is 0.385. The first-order valence-corrected chi connectivity index (χ1v) is 14.2. The Kier molecular flexibility index (Phi) is 7.11. The minimum atomic E-state index is -0.0883. The summed E-state index contributed by atoms with van der Waals surface area (Å²) in [6.07, 6.45) is 15.2. The summed E-state index contributed by atoms with van der Waals surface area (Å²) in [7, 11) is 0. The fourth-order valence-electron chi connectivity index (χ4n) is 9.60. The van der Waals surface area contributed by atoms with Crippen molar-refractivity contribution in [3.05, 3.63) is 0 Å². The van der Waals surface area contributed by atoms with E-state index in [0.717, 1.165) is 60.2 Å². The van der Waals surface area contributed by atoms with E-state index in [2.05, 4.69) is 41.5 Å². The van der Waals surface area contributed by atoms with Gasteiger partial charge >= 0.3 is 5.97 Å². The van der Waals surface area contributed by atoms with Gasteiger partial charge in [-0.15, -0.1) is 0 Å². The summed E-state index contributed by atoms with van der Waals surface area (Å²) < 4.78 is 5.66. The van der Waals surface area contributed by atoms with Crippen LogP contribution in [0.1, 0.15) is 119 Å². The second-order valence-electron chi connectivity index (χ2n) is 13.7. The Balaban J connectivity index is 1.43. The Morgan fingerprint density at radius 3 is 2.25 bits per heavy atom. The topological polar surface area (TPSA) is 26.3 Å². The van der Waals surface area contributed by atoms with Crippen molar-refractivity contribution >= 4 is 5.97 Å². The Morgan fingerprint density at radius 1 is 0.875 bits per heavy atom. The molecule has 0 aromatic carbocycles. The molecule has 0 aromatic heterocycles. The van der Waals surface area contributed by atoms with Crippen LogP contribution in [-0.4, -0.2) is 12.1 Å². The molecule has 4 aliphatic rings. The van der Waals surface area contributed by atoms with Crippen LogP contribution in [0.2, 0.25) is 0 Å². The van der Waals surface area contributed by atoms with Gasteiger partial charge in [-0.3, -0.25) is 4.79 Å². The number of ether oxygens (including phenoxy) is 1. The number of hydrogen-bond acceptors (Lipinski definition) is 2. The number of fused-ring (bicyclic) bond motifs is 5. The molecule has 0 heterocycles. The molecule has 0 unspecified atom stereocenters. The van der Waals surface area contributed by atoms with Gasteiger partial charge in [0.2, 0.25) is 0 Å². The number of carbonyl (C=O) groups excluding carboxylic acids is 1. The summed E-state index contributed by atoms with van der Waals surface area (Å²) in [5.41, 5.74) is 1.07. The van der Waals surface area contributed by atoms with Crippen molar-refractivity contribution in [1.29, 1.82) is 0 Å². The minimum Gasteiger partial charge on any atom is -0.463 e. The lowest BCUT2D eigenvalue weighted by Gasteiger charge is -2.61. The van der Waals surface area contributed by atoms with E-state index in [-0.39, 0.29) is 12.1 Å². The normalized spacial score (nSPS) is 45.5. The molecule has 4 rings (SSSR count). The third-order valence-electron chi connectivity index (χ3n) is 11.9. The highest BCUT2D eigenvalue weighted by atomic mass is 16.5. The summed E-state index contributed by atoms with van der Waals surface area (Å²) in [6, 6.07) is 0. The Hall–Kier alpha value is -0.530. The van der Waals surface area contributed by atoms with Crippen LogP contribution >= 0.6 is 0 Å². The van der Waals surface area contributed by atoms with E-state index in [0.29, 0.717) is 10.8 Å². The predicted octanol–water partition coefficient (Wildman–Crippen LogP) is 8.29. The maximum absolute atomic E-state index is 11.5. The lowest BCUT2D eigenvalue weighted by molar-refractivity contribution is -0.160. The molecule has 0 saturated heterocycles. The highest BCUT2D eigenvalue weighted by Gasteiger charge is 2.60. The maximum Gasteiger partial charge on any atom is 0.302 e. The van der Waals surface area contributed by atoms with Crippen molar-refractivity contribution in [2.24, 2.45) is 58.2 Å². The highest BCUT2D eigenvalue weighted by molar-refractivity contribution is 5.66. The van der Waals surface area contributed by atoms with Gasteiger partial charge in [0.1, 0.15) is 6.10 Å². The zero-order valence-electron chi connectivity index (χ0n) is 22.3. The van der Waals surface area contributed by atoms with Crippen molar-refractivity contribution in [3.8, 4) is 0 Å². The first-order valence-electron chi connectivity index (χ1n) is 14.2. The van der Waals surface area contributed by atoms with Gasteiger partial charge < -0.3 is 4.74 Å². The van der Waals surface area contributed by atoms with E-state index in [1.165, 1.54) is 57.8 Å². The second-order valence-corrected chi connectivity index (χ2v) is 13.7. The van der Waals surface area contributed by atoms with Crippen LogP contribution in [0.25, 0.3) is 0 Å². The van der Waals surface area contributed by atoms with Crippen LogP contribution in [0.3, 0.4) is 0 Å². The molecule has 32 heavy (non-hydrogen) atoms. The Labute approximate surface area is 199 Å². The minimum absolute atomic E-state index is 0.0883. The van der Waals surface area contributed by atoms with Crippen LogP contribution < -0.4 is 0 Å². The monoisotopic (exact) mass is 444 g/mol. The van der Waals surface area contributed by atoms with E-state index in [4.69, 9.17) is 4.74 Å². The summed E-state index contributed by atoms with van der Waals surface area (Å²) in [4.78, 5) is 11.5. The molecule has 184 valence electrons. The van der Waals surface area contributed by atoms with Gasteiger partial charge in [-0.25, -0.2) is 0 Å². The zero-order chi connectivity index (χ0) is 23.3.